The van der Waals surface area contributed by atoms with E-state index in [1.807, 2.05) is 39.0 Å². The first-order valence-corrected chi connectivity index (χ1v) is 7.40. The summed E-state index contributed by atoms with van der Waals surface area (Å²) in [6.45, 7) is 5.55. The maximum Gasteiger partial charge on any atom is 0.325 e. The van der Waals surface area contributed by atoms with Gasteiger partial charge in [0.2, 0.25) is 5.91 Å². The summed E-state index contributed by atoms with van der Waals surface area (Å²) < 4.78 is 0. The SMILES string of the molecule is CCCC1NC(=O)N(CC(=O)Nc2cc(C)cc(C)c2)C1=O. The summed E-state index contributed by atoms with van der Waals surface area (Å²) in [4.78, 5) is 36.9. The predicted molar refractivity (Wildman–Crippen MR) is 83.5 cm³/mol. The molecule has 0 bridgehead atoms. The Morgan fingerprint density at radius 2 is 1.86 bits per heavy atom. The molecular weight excluding hydrogens is 282 g/mol. The first-order chi connectivity index (χ1) is 10.4. The Morgan fingerprint density at radius 3 is 2.45 bits per heavy atom. The fourth-order valence-electron chi connectivity index (χ4n) is 2.60. The van der Waals surface area contributed by atoms with E-state index in [4.69, 9.17) is 0 Å². The molecule has 0 aromatic heterocycles. The van der Waals surface area contributed by atoms with Crippen LogP contribution in [0.3, 0.4) is 0 Å². The molecule has 0 spiro atoms. The van der Waals surface area contributed by atoms with E-state index in [2.05, 4.69) is 10.6 Å². The zero-order valence-electron chi connectivity index (χ0n) is 13.1. The van der Waals surface area contributed by atoms with Gasteiger partial charge in [-0.1, -0.05) is 19.4 Å². The van der Waals surface area contributed by atoms with Gasteiger partial charge in [-0.15, -0.1) is 0 Å². The summed E-state index contributed by atoms with van der Waals surface area (Å²) in [5, 5.41) is 5.33. The summed E-state index contributed by atoms with van der Waals surface area (Å²) in [6.07, 6.45) is 1.37. The molecule has 22 heavy (non-hydrogen) atoms. The van der Waals surface area contributed by atoms with Gasteiger partial charge in [-0.05, 0) is 43.5 Å². The van der Waals surface area contributed by atoms with E-state index >= 15 is 0 Å². The van der Waals surface area contributed by atoms with Crippen molar-refractivity contribution in [2.24, 2.45) is 0 Å². The molecule has 118 valence electrons. The number of carbonyl (C=O) groups is 3. The maximum atomic E-state index is 12.1. The van der Waals surface area contributed by atoms with Crippen LogP contribution in [-0.2, 0) is 9.59 Å². The van der Waals surface area contributed by atoms with Gasteiger partial charge in [0.05, 0.1) is 0 Å². The van der Waals surface area contributed by atoms with Gasteiger partial charge >= 0.3 is 6.03 Å². The van der Waals surface area contributed by atoms with Crippen LogP contribution in [0.25, 0.3) is 0 Å². The number of urea groups is 1. The van der Waals surface area contributed by atoms with Crippen LogP contribution in [0, 0.1) is 13.8 Å². The zero-order chi connectivity index (χ0) is 16.3. The summed E-state index contributed by atoms with van der Waals surface area (Å²) in [5.74, 6) is -0.715. The van der Waals surface area contributed by atoms with E-state index in [0.717, 1.165) is 22.4 Å². The quantitative estimate of drug-likeness (QED) is 0.816. The number of hydrogen-bond acceptors (Lipinski definition) is 3. The van der Waals surface area contributed by atoms with Crippen LogP contribution in [0.4, 0.5) is 10.5 Å². The number of nitrogens with one attached hydrogen (secondary N) is 2. The number of amides is 4. The number of hydrogen-bond donors (Lipinski definition) is 2. The lowest BCUT2D eigenvalue weighted by molar-refractivity contribution is -0.130. The third kappa shape index (κ3) is 3.63. The van der Waals surface area contributed by atoms with Gasteiger partial charge < -0.3 is 10.6 Å². The van der Waals surface area contributed by atoms with E-state index < -0.39 is 12.1 Å². The molecule has 0 saturated carbocycles. The molecule has 6 heteroatoms. The van der Waals surface area contributed by atoms with E-state index in [9.17, 15) is 14.4 Å². The number of aryl methyl sites for hydroxylation is 2. The number of rotatable bonds is 5. The minimum Gasteiger partial charge on any atom is -0.326 e. The molecule has 6 nitrogen and oxygen atoms in total. The second kappa shape index (κ2) is 6.60. The first-order valence-electron chi connectivity index (χ1n) is 7.40. The molecule has 1 aromatic rings. The number of nitrogens with zero attached hydrogens (tertiary/aromatic N) is 1. The van der Waals surface area contributed by atoms with Gasteiger partial charge in [0.1, 0.15) is 12.6 Å². The van der Waals surface area contributed by atoms with Crippen molar-refractivity contribution in [2.45, 2.75) is 39.7 Å². The van der Waals surface area contributed by atoms with Gasteiger partial charge in [0.25, 0.3) is 5.91 Å². The van der Waals surface area contributed by atoms with Gasteiger partial charge in [-0.2, -0.15) is 0 Å². The zero-order valence-corrected chi connectivity index (χ0v) is 13.1. The van der Waals surface area contributed by atoms with Gasteiger partial charge in [0.15, 0.2) is 0 Å². The largest absolute Gasteiger partial charge is 0.326 e. The highest BCUT2D eigenvalue weighted by Gasteiger charge is 2.38. The summed E-state index contributed by atoms with van der Waals surface area (Å²) >= 11 is 0. The average Bonchev–Trinajstić information content (AvgIpc) is 2.66. The second-order valence-corrected chi connectivity index (χ2v) is 5.64. The van der Waals surface area contributed by atoms with Crippen LogP contribution in [-0.4, -0.2) is 35.3 Å². The van der Waals surface area contributed by atoms with E-state index in [1.165, 1.54) is 0 Å². The van der Waals surface area contributed by atoms with Crippen molar-refractivity contribution in [1.82, 2.24) is 10.2 Å². The van der Waals surface area contributed by atoms with Crippen LogP contribution in [0.5, 0.6) is 0 Å². The molecule has 1 aliphatic heterocycles. The van der Waals surface area contributed by atoms with Gasteiger partial charge in [-0.25, -0.2) is 4.79 Å². The standard InChI is InChI=1S/C16H21N3O3/c1-4-5-13-15(21)19(16(22)18-13)9-14(20)17-12-7-10(2)6-11(3)8-12/h6-8,13H,4-5,9H2,1-3H3,(H,17,20)(H,18,22). The van der Waals surface area contributed by atoms with E-state index in [1.54, 1.807) is 0 Å². The van der Waals surface area contributed by atoms with Crippen LogP contribution in [0.2, 0.25) is 0 Å². The maximum absolute atomic E-state index is 12.1. The number of anilines is 1. The fraction of sp³-hybridized carbons (Fsp3) is 0.438. The Kier molecular flexibility index (Phi) is 4.80. The van der Waals surface area contributed by atoms with Crippen molar-refractivity contribution in [2.75, 3.05) is 11.9 Å². The molecule has 0 radical (unpaired) electrons. The van der Waals surface area contributed by atoms with E-state index in [0.29, 0.717) is 12.1 Å². The molecule has 1 unspecified atom stereocenters. The molecule has 2 rings (SSSR count). The van der Waals surface area contributed by atoms with Crippen molar-refractivity contribution >= 4 is 23.5 Å². The summed E-state index contributed by atoms with van der Waals surface area (Å²) in [5.41, 5.74) is 2.74. The number of benzene rings is 1. The van der Waals surface area contributed by atoms with Crippen molar-refractivity contribution in [3.8, 4) is 0 Å². The number of imide groups is 1. The minimum atomic E-state index is -0.508. The summed E-state index contributed by atoms with van der Waals surface area (Å²) in [7, 11) is 0. The Morgan fingerprint density at radius 1 is 1.23 bits per heavy atom. The monoisotopic (exact) mass is 303 g/mol. The predicted octanol–water partition coefficient (Wildman–Crippen LogP) is 1.96. The molecular formula is C16H21N3O3. The highest BCUT2D eigenvalue weighted by atomic mass is 16.2. The minimum absolute atomic E-state index is 0.266. The molecule has 1 heterocycles. The van der Waals surface area contributed by atoms with Crippen molar-refractivity contribution < 1.29 is 14.4 Å². The molecule has 1 saturated heterocycles. The average molecular weight is 303 g/mol. The van der Waals surface area contributed by atoms with Gasteiger partial charge in [0, 0.05) is 5.69 Å². The Bertz CT molecular complexity index is 592. The Hall–Kier alpha value is -2.37. The smallest absolute Gasteiger partial charge is 0.325 e. The molecule has 0 aliphatic carbocycles. The topological polar surface area (TPSA) is 78.5 Å². The Labute approximate surface area is 129 Å². The van der Waals surface area contributed by atoms with Crippen molar-refractivity contribution in [3.63, 3.8) is 0 Å². The summed E-state index contributed by atoms with van der Waals surface area (Å²) in [6, 6.07) is 4.68. The Balaban J connectivity index is 2.00. The highest BCUT2D eigenvalue weighted by molar-refractivity contribution is 6.07. The molecule has 1 aliphatic rings. The normalized spacial score (nSPS) is 17.6. The van der Waals surface area contributed by atoms with Gasteiger partial charge in [-0.3, -0.25) is 14.5 Å². The van der Waals surface area contributed by atoms with Crippen molar-refractivity contribution in [1.29, 1.82) is 0 Å². The lowest BCUT2D eigenvalue weighted by Crippen LogP contribution is -2.38. The lowest BCUT2D eigenvalue weighted by atomic mass is 10.1. The lowest BCUT2D eigenvalue weighted by Gasteiger charge is -2.13. The van der Waals surface area contributed by atoms with Crippen LogP contribution in [0.15, 0.2) is 18.2 Å². The van der Waals surface area contributed by atoms with Crippen LogP contribution >= 0.6 is 0 Å². The molecule has 2 N–H and O–H groups in total. The van der Waals surface area contributed by atoms with E-state index in [-0.39, 0.29) is 18.4 Å². The first kappa shape index (κ1) is 16.0. The molecule has 1 fully saturated rings. The van der Waals surface area contributed by atoms with Crippen molar-refractivity contribution in [3.05, 3.63) is 29.3 Å². The fourth-order valence-corrected chi connectivity index (χ4v) is 2.60. The molecule has 4 amide bonds. The van der Waals surface area contributed by atoms with Crippen LogP contribution in [0.1, 0.15) is 30.9 Å². The van der Waals surface area contributed by atoms with Crippen LogP contribution < -0.4 is 10.6 Å². The number of carbonyl (C=O) groups excluding carboxylic acids is 3. The molecule has 1 atom stereocenters. The highest BCUT2D eigenvalue weighted by Crippen LogP contribution is 2.15. The molecule has 1 aromatic carbocycles. The third-order valence-electron chi connectivity index (χ3n) is 3.49. The third-order valence-corrected chi connectivity index (χ3v) is 3.49. The second-order valence-electron chi connectivity index (χ2n) is 5.64.